The van der Waals surface area contributed by atoms with Crippen molar-refractivity contribution in [1.29, 1.82) is 0 Å². The number of methoxy groups -OCH3 is 1. The molecule has 0 spiro atoms. The average Bonchev–Trinajstić information content (AvgIpc) is 3.16. The number of carbonyl (C=O) groups is 1. The summed E-state index contributed by atoms with van der Waals surface area (Å²) in [6.07, 6.45) is 2.46. The van der Waals surface area contributed by atoms with Crippen LogP contribution < -0.4 is 9.64 Å². The summed E-state index contributed by atoms with van der Waals surface area (Å²) in [5.41, 5.74) is 0.806. The molecule has 1 aliphatic heterocycles. The largest absolute Gasteiger partial charge is 0.495 e. The second kappa shape index (κ2) is 7.04. The normalized spacial score (nSPS) is 17.7. The molecule has 1 fully saturated rings. The van der Waals surface area contributed by atoms with Gasteiger partial charge in [0.2, 0.25) is 11.8 Å². The van der Waals surface area contributed by atoms with E-state index in [1.807, 2.05) is 24.3 Å². The van der Waals surface area contributed by atoms with E-state index in [0.29, 0.717) is 23.4 Å². The molecule has 0 radical (unpaired) electrons. The standard InChI is InChI=1S/C16H19N3O3S/c1-3-6-14-17-18-16(22-14)23-13-9-10-19(15(13)20)11-7-4-5-8-12(11)21-2/h4-5,7-8,13H,3,6,9-10H2,1-2H3. The zero-order valence-electron chi connectivity index (χ0n) is 13.2. The van der Waals surface area contributed by atoms with Crippen molar-refractivity contribution in [2.75, 3.05) is 18.6 Å². The quantitative estimate of drug-likeness (QED) is 0.809. The summed E-state index contributed by atoms with van der Waals surface area (Å²) >= 11 is 1.35. The fourth-order valence-electron chi connectivity index (χ4n) is 2.58. The van der Waals surface area contributed by atoms with Gasteiger partial charge >= 0.3 is 0 Å². The van der Waals surface area contributed by atoms with Gasteiger partial charge in [-0.1, -0.05) is 30.8 Å². The molecule has 0 N–H and O–H groups in total. The van der Waals surface area contributed by atoms with Crippen LogP contribution in [0, 0.1) is 0 Å². The number of nitrogens with zero attached hydrogens (tertiary/aromatic N) is 3. The summed E-state index contributed by atoms with van der Waals surface area (Å²) in [6.45, 7) is 2.72. The van der Waals surface area contributed by atoms with Gasteiger partial charge in [0.05, 0.1) is 18.0 Å². The molecule has 3 rings (SSSR count). The van der Waals surface area contributed by atoms with Crippen LogP contribution in [-0.2, 0) is 11.2 Å². The van der Waals surface area contributed by atoms with E-state index < -0.39 is 0 Å². The molecule has 0 bridgehead atoms. The Bertz CT molecular complexity index is 689. The lowest BCUT2D eigenvalue weighted by Gasteiger charge is -2.19. The van der Waals surface area contributed by atoms with Crippen LogP contribution in [0.2, 0.25) is 0 Å². The zero-order valence-corrected chi connectivity index (χ0v) is 14.0. The van der Waals surface area contributed by atoms with Crippen LogP contribution in [0.15, 0.2) is 33.9 Å². The van der Waals surface area contributed by atoms with Crippen LogP contribution in [0.3, 0.4) is 0 Å². The van der Waals surface area contributed by atoms with Gasteiger partial charge in [0.15, 0.2) is 0 Å². The first-order valence-electron chi connectivity index (χ1n) is 7.66. The number of carbonyl (C=O) groups excluding carboxylic acids is 1. The number of ether oxygens (including phenoxy) is 1. The van der Waals surface area contributed by atoms with Crippen LogP contribution in [0.4, 0.5) is 5.69 Å². The van der Waals surface area contributed by atoms with Gasteiger partial charge < -0.3 is 14.1 Å². The third-order valence-electron chi connectivity index (χ3n) is 3.69. The number of para-hydroxylation sites is 2. The minimum absolute atomic E-state index is 0.0507. The highest BCUT2D eigenvalue weighted by atomic mass is 32.2. The van der Waals surface area contributed by atoms with Crippen LogP contribution in [0.5, 0.6) is 5.75 Å². The van der Waals surface area contributed by atoms with Crippen LogP contribution in [0.25, 0.3) is 0 Å². The number of amides is 1. The molecule has 7 heteroatoms. The van der Waals surface area contributed by atoms with E-state index in [9.17, 15) is 4.79 Å². The van der Waals surface area contributed by atoms with Gasteiger partial charge in [-0.25, -0.2) is 0 Å². The summed E-state index contributed by atoms with van der Waals surface area (Å²) in [5, 5.41) is 8.28. The molecule has 23 heavy (non-hydrogen) atoms. The number of hydrogen-bond acceptors (Lipinski definition) is 6. The van der Waals surface area contributed by atoms with E-state index >= 15 is 0 Å². The maximum Gasteiger partial charge on any atom is 0.277 e. The van der Waals surface area contributed by atoms with Crippen molar-refractivity contribution in [1.82, 2.24) is 10.2 Å². The van der Waals surface area contributed by atoms with E-state index in [2.05, 4.69) is 17.1 Å². The molecule has 1 aliphatic rings. The van der Waals surface area contributed by atoms with Gasteiger partial charge in [0, 0.05) is 13.0 Å². The van der Waals surface area contributed by atoms with Crippen molar-refractivity contribution in [2.45, 2.75) is 36.7 Å². The molecular weight excluding hydrogens is 314 g/mol. The lowest BCUT2D eigenvalue weighted by atomic mass is 10.2. The maximum absolute atomic E-state index is 12.7. The van der Waals surface area contributed by atoms with Crippen molar-refractivity contribution in [3.8, 4) is 5.75 Å². The number of hydrogen-bond donors (Lipinski definition) is 0. The molecule has 1 unspecified atom stereocenters. The fraction of sp³-hybridized carbons (Fsp3) is 0.438. The molecule has 0 saturated carbocycles. The molecule has 0 aliphatic carbocycles. The fourth-order valence-corrected chi connectivity index (χ4v) is 3.50. The molecule has 2 aromatic rings. The monoisotopic (exact) mass is 333 g/mol. The summed E-state index contributed by atoms with van der Waals surface area (Å²) < 4.78 is 10.9. The van der Waals surface area contributed by atoms with Crippen molar-refractivity contribution in [2.24, 2.45) is 0 Å². The minimum Gasteiger partial charge on any atom is -0.495 e. The van der Waals surface area contributed by atoms with E-state index in [0.717, 1.165) is 24.9 Å². The SMILES string of the molecule is CCCc1nnc(SC2CCN(c3ccccc3OC)C2=O)o1. The van der Waals surface area contributed by atoms with Crippen molar-refractivity contribution >= 4 is 23.4 Å². The second-order valence-electron chi connectivity index (χ2n) is 5.27. The molecule has 1 amide bonds. The second-order valence-corrected chi connectivity index (χ2v) is 6.42. The Labute approximate surface area is 139 Å². The van der Waals surface area contributed by atoms with Crippen LogP contribution in [0.1, 0.15) is 25.7 Å². The highest BCUT2D eigenvalue weighted by Crippen LogP contribution is 2.36. The number of rotatable bonds is 6. The first-order chi connectivity index (χ1) is 11.2. The molecule has 1 aromatic heterocycles. The molecule has 2 heterocycles. The smallest absolute Gasteiger partial charge is 0.277 e. The highest BCUT2D eigenvalue weighted by molar-refractivity contribution is 8.00. The van der Waals surface area contributed by atoms with E-state index in [1.165, 1.54) is 11.8 Å². The van der Waals surface area contributed by atoms with Crippen molar-refractivity contribution < 1.29 is 13.9 Å². The Hall–Kier alpha value is -2.02. The summed E-state index contributed by atoms with van der Waals surface area (Å²) in [7, 11) is 1.61. The molecular formula is C16H19N3O3S. The molecule has 1 saturated heterocycles. The Balaban J connectivity index is 1.71. The first-order valence-corrected chi connectivity index (χ1v) is 8.54. The van der Waals surface area contributed by atoms with Crippen molar-refractivity contribution in [3.05, 3.63) is 30.2 Å². The lowest BCUT2D eigenvalue weighted by molar-refractivity contribution is -0.116. The van der Waals surface area contributed by atoms with Gasteiger partial charge in [-0.3, -0.25) is 4.79 Å². The molecule has 1 atom stereocenters. The number of benzene rings is 1. The van der Waals surface area contributed by atoms with E-state index in [-0.39, 0.29) is 11.2 Å². The maximum atomic E-state index is 12.7. The van der Waals surface area contributed by atoms with Gasteiger partial charge in [-0.05, 0) is 25.0 Å². The summed E-state index contributed by atoms with van der Waals surface area (Å²) in [6, 6.07) is 7.55. The van der Waals surface area contributed by atoms with Gasteiger partial charge in [0.1, 0.15) is 5.75 Å². The van der Waals surface area contributed by atoms with Gasteiger partial charge in [-0.2, -0.15) is 0 Å². The third-order valence-corrected chi connectivity index (χ3v) is 4.78. The number of thioether (sulfide) groups is 1. The average molecular weight is 333 g/mol. The molecule has 6 nitrogen and oxygen atoms in total. The van der Waals surface area contributed by atoms with Crippen LogP contribution >= 0.6 is 11.8 Å². The summed E-state index contributed by atoms with van der Waals surface area (Å²) in [4.78, 5) is 14.4. The topological polar surface area (TPSA) is 68.5 Å². The predicted octanol–water partition coefficient (Wildman–Crippen LogP) is 2.93. The van der Waals surface area contributed by atoms with Crippen LogP contribution in [-0.4, -0.2) is 35.0 Å². The Morgan fingerprint density at radius 2 is 2.22 bits per heavy atom. The predicted molar refractivity (Wildman–Crippen MR) is 87.9 cm³/mol. The minimum atomic E-state index is -0.199. The Morgan fingerprint density at radius 3 is 3.00 bits per heavy atom. The zero-order chi connectivity index (χ0) is 16.2. The Morgan fingerprint density at radius 1 is 1.39 bits per heavy atom. The van der Waals surface area contributed by atoms with E-state index in [1.54, 1.807) is 12.0 Å². The van der Waals surface area contributed by atoms with Crippen molar-refractivity contribution in [3.63, 3.8) is 0 Å². The van der Waals surface area contributed by atoms with E-state index in [4.69, 9.17) is 9.15 Å². The third kappa shape index (κ3) is 3.34. The Kier molecular flexibility index (Phi) is 4.85. The number of anilines is 1. The van der Waals surface area contributed by atoms with Gasteiger partial charge in [-0.15, -0.1) is 10.2 Å². The number of aromatic nitrogens is 2. The number of aryl methyl sites for hydroxylation is 1. The molecule has 122 valence electrons. The lowest BCUT2D eigenvalue weighted by Crippen LogP contribution is -2.28. The first kappa shape index (κ1) is 15.9. The molecule has 1 aromatic carbocycles. The van der Waals surface area contributed by atoms with Gasteiger partial charge in [0.25, 0.3) is 5.22 Å². The summed E-state index contributed by atoms with van der Waals surface area (Å²) in [5.74, 6) is 1.38. The highest BCUT2D eigenvalue weighted by Gasteiger charge is 2.35.